The molecule has 0 amide bonds. The number of imidazole rings is 1. The molecule has 0 bridgehead atoms. The Morgan fingerprint density at radius 3 is 2.88 bits per heavy atom. The molecule has 3 heterocycles. The molecule has 9 heteroatoms. The van der Waals surface area contributed by atoms with Crippen molar-refractivity contribution in [3.8, 4) is 0 Å². The third-order valence-electron chi connectivity index (χ3n) is 4.01. The maximum absolute atomic E-state index is 6.43. The van der Waals surface area contributed by atoms with Crippen LogP contribution in [0.5, 0.6) is 0 Å². The molecule has 130 valence electrons. The molecule has 0 radical (unpaired) electrons. The lowest BCUT2D eigenvalue weighted by molar-refractivity contribution is -0.188. The maximum atomic E-state index is 6.43. The first-order chi connectivity index (χ1) is 12.1. The summed E-state index contributed by atoms with van der Waals surface area (Å²) in [6.07, 6.45) is 8.22. The summed E-state index contributed by atoms with van der Waals surface area (Å²) in [5.41, 5.74) is 0.730. The number of ether oxygens (including phenoxy) is 2. The van der Waals surface area contributed by atoms with Gasteiger partial charge in [-0.2, -0.15) is 5.10 Å². The summed E-state index contributed by atoms with van der Waals surface area (Å²) >= 11 is 12.5. The van der Waals surface area contributed by atoms with Gasteiger partial charge in [0.15, 0.2) is 0 Å². The SMILES string of the molecule is Clc1ccc([C@@]2(Cn3ccnc3)OC[C@H](Cn3cncn3)O2)c(Cl)c1. The summed E-state index contributed by atoms with van der Waals surface area (Å²) < 4.78 is 16.0. The van der Waals surface area contributed by atoms with E-state index in [9.17, 15) is 0 Å². The van der Waals surface area contributed by atoms with Crippen LogP contribution in [0.3, 0.4) is 0 Å². The fourth-order valence-electron chi connectivity index (χ4n) is 2.92. The van der Waals surface area contributed by atoms with Crippen LogP contribution in [0.1, 0.15) is 5.56 Å². The van der Waals surface area contributed by atoms with Crippen LogP contribution in [0.2, 0.25) is 10.0 Å². The van der Waals surface area contributed by atoms with Crippen LogP contribution in [0.25, 0.3) is 0 Å². The van der Waals surface area contributed by atoms with E-state index in [4.69, 9.17) is 32.7 Å². The standard InChI is InChI=1S/C16H15Cl2N5O2/c17-12-1-2-14(15(18)5-12)16(8-22-4-3-19-10-22)24-7-13(25-16)6-23-11-20-9-21-23/h1-5,9-11,13H,6-8H2/t13-,16-/m0/s1. The molecule has 0 N–H and O–H groups in total. The zero-order valence-electron chi connectivity index (χ0n) is 13.1. The summed E-state index contributed by atoms with van der Waals surface area (Å²) in [5, 5.41) is 5.17. The lowest BCUT2D eigenvalue weighted by Crippen LogP contribution is -2.34. The summed E-state index contributed by atoms with van der Waals surface area (Å²) in [6.45, 7) is 1.37. The molecule has 2 atom stereocenters. The highest BCUT2D eigenvalue weighted by atomic mass is 35.5. The van der Waals surface area contributed by atoms with E-state index in [0.717, 1.165) is 5.56 Å². The summed E-state index contributed by atoms with van der Waals surface area (Å²) in [4.78, 5) is 8.03. The van der Waals surface area contributed by atoms with Gasteiger partial charge in [-0.3, -0.25) is 4.68 Å². The molecule has 2 aromatic heterocycles. The average Bonchev–Trinajstić information content (AvgIpc) is 3.31. The van der Waals surface area contributed by atoms with Crippen molar-refractivity contribution in [3.05, 3.63) is 65.2 Å². The smallest absolute Gasteiger partial charge is 0.215 e. The van der Waals surface area contributed by atoms with E-state index in [0.29, 0.717) is 29.7 Å². The fourth-order valence-corrected chi connectivity index (χ4v) is 3.47. The number of benzene rings is 1. The van der Waals surface area contributed by atoms with Crippen molar-refractivity contribution in [1.29, 1.82) is 0 Å². The minimum absolute atomic E-state index is 0.183. The number of aromatic nitrogens is 5. The van der Waals surface area contributed by atoms with Gasteiger partial charge in [-0.15, -0.1) is 0 Å². The van der Waals surface area contributed by atoms with Gasteiger partial charge >= 0.3 is 0 Å². The van der Waals surface area contributed by atoms with Crippen molar-refractivity contribution in [2.45, 2.75) is 25.0 Å². The molecule has 0 unspecified atom stereocenters. The third-order valence-corrected chi connectivity index (χ3v) is 4.56. The second-order valence-corrected chi connectivity index (χ2v) is 6.62. The molecule has 7 nitrogen and oxygen atoms in total. The lowest BCUT2D eigenvalue weighted by atomic mass is 10.1. The molecule has 25 heavy (non-hydrogen) atoms. The van der Waals surface area contributed by atoms with Crippen LogP contribution in [0.15, 0.2) is 49.6 Å². The zero-order chi connectivity index (χ0) is 17.3. The highest BCUT2D eigenvalue weighted by molar-refractivity contribution is 6.35. The molecule has 1 saturated heterocycles. The summed E-state index contributed by atoms with van der Waals surface area (Å²) in [7, 11) is 0. The number of halogens is 2. The van der Waals surface area contributed by atoms with Crippen molar-refractivity contribution >= 4 is 23.2 Å². The van der Waals surface area contributed by atoms with Crippen molar-refractivity contribution in [2.75, 3.05) is 6.61 Å². The van der Waals surface area contributed by atoms with Crippen LogP contribution in [0.4, 0.5) is 0 Å². The highest BCUT2D eigenvalue weighted by Crippen LogP contribution is 2.40. The number of nitrogens with zero attached hydrogens (tertiary/aromatic N) is 5. The van der Waals surface area contributed by atoms with Gasteiger partial charge in [-0.05, 0) is 12.1 Å². The zero-order valence-corrected chi connectivity index (χ0v) is 14.6. The molecule has 1 aromatic carbocycles. The number of hydrogen-bond donors (Lipinski definition) is 0. The van der Waals surface area contributed by atoms with E-state index >= 15 is 0 Å². The second kappa shape index (κ2) is 6.76. The maximum Gasteiger partial charge on any atom is 0.215 e. The van der Waals surface area contributed by atoms with Gasteiger partial charge in [-0.1, -0.05) is 29.3 Å². The molecule has 0 aliphatic carbocycles. The predicted octanol–water partition coefficient (Wildman–Crippen LogP) is 2.75. The van der Waals surface area contributed by atoms with Gasteiger partial charge in [0, 0.05) is 23.0 Å². The van der Waals surface area contributed by atoms with Crippen molar-refractivity contribution in [1.82, 2.24) is 24.3 Å². The average molecular weight is 380 g/mol. The van der Waals surface area contributed by atoms with Crippen LogP contribution in [-0.4, -0.2) is 37.0 Å². The molecule has 0 saturated carbocycles. The molecule has 1 aliphatic heterocycles. The van der Waals surface area contributed by atoms with Gasteiger partial charge in [-0.25, -0.2) is 9.97 Å². The van der Waals surface area contributed by atoms with Gasteiger partial charge in [0.25, 0.3) is 0 Å². The van der Waals surface area contributed by atoms with E-state index in [1.54, 1.807) is 35.7 Å². The molecule has 1 aliphatic rings. The van der Waals surface area contributed by atoms with Crippen molar-refractivity contribution in [2.24, 2.45) is 0 Å². The molecular weight excluding hydrogens is 365 g/mol. The minimum Gasteiger partial charge on any atom is -0.342 e. The van der Waals surface area contributed by atoms with Gasteiger partial charge in [0.2, 0.25) is 5.79 Å². The third kappa shape index (κ3) is 3.41. The molecular formula is C16H15Cl2N5O2. The minimum atomic E-state index is -1.02. The van der Waals surface area contributed by atoms with E-state index in [-0.39, 0.29) is 6.10 Å². The van der Waals surface area contributed by atoms with Crippen molar-refractivity contribution < 1.29 is 9.47 Å². The Morgan fingerprint density at radius 1 is 1.24 bits per heavy atom. The molecule has 4 rings (SSSR count). The first-order valence-corrected chi connectivity index (χ1v) is 8.46. The summed E-state index contributed by atoms with van der Waals surface area (Å²) in [6, 6.07) is 5.29. The Hall–Kier alpha value is -1.93. The normalized spacial score (nSPS) is 23.2. The van der Waals surface area contributed by atoms with Gasteiger partial charge < -0.3 is 14.0 Å². The Bertz CT molecular complexity index is 840. The Labute approximate surface area is 154 Å². The van der Waals surface area contributed by atoms with E-state index in [2.05, 4.69) is 15.1 Å². The van der Waals surface area contributed by atoms with Gasteiger partial charge in [0.05, 0.1) is 31.0 Å². The Balaban J connectivity index is 1.65. The van der Waals surface area contributed by atoms with E-state index in [1.807, 2.05) is 16.8 Å². The number of rotatable bonds is 5. The molecule has 3 aromatic rings. The first kappa shape index (κ1) is 16.5. The Kier molecular flexibility index (Phi) is 4.47. The largest absolute Gasteiger partial charge is 0.342 e. The monoisotopic (exact) mass is 379 g/mol. The predicted molar refractivity (Wildman–Crippen MR) is 91.2 cm³/mol. The quantitative estimate of drug-likeness (QED) is 0.681. The van der Waals surface area contributed by atoms with Crippen LogP contribution in [0, 0.1) is 0 Å². The second-order valence-electron chi connectivity index (χ2n) is 5.78. The number of hydrogen-bond acceptors (Lipinski definition) is 5. The van der Waals surface area contributed by atoms with Crippen LogP contribution in [-0.2, 0) is 28.4 Å². The Morgan fingerprint density at radius 2 is 2.16 bits per heavy atom. The topological polar surface area (TPSA) is 67.0 Å². The lowest BCUT2D eigenvalue weighted by Gasteiger charge is -2.30. The molecule has 0 spiro atoms. The molecule has 1 fully saturated rings. The van der Waals surface area contributed by atoms with E-state index < -0.39 is 5.79 Å². The van der Waals surface area contributed by atoms with Gasteiger partial charge in [0.1, 0.15) is 18.8 Å². The van der Waals surface area contributed by atoms with Crippen LogP contribution < -0.4 is 0 Å². The van der Waals surface area contributed by atoms with E-state index in [1.165, 1.54) is 6.33 Å². The highest BCUT2D eigenvalue weighted by Gasteiger charge is 2.45. The van der Waals surface area contributed by atoms with Crippen LogP contribution >= 0.6 is 23.2 Å². The first-order valence-electron chi connectivity index (χ1n) is 7.70. The fraction of sp³-hybridized carbons (Fsp3) is 0.312. The van der Waals surface area contributed by atoms with Crippen molar-refractivity contribution in [3.63, 3.8) is 0 Å². The summed E-state index contributed by atoms with van der Waals surface area (Å²) in [5.74, 6) is -1.02.